The summed E-state index contributed by atoms with van der Waals surface area (Å²) in [5, 5.41) is 10.8. The van der Waals surface area contributed by atoms with Crippen molar-refractivity contribution in [1.82, 2.24) is 4.98 Å². The molecule has 0 aliphatic carbocycles. The second kappa shape index (κ2) is 6.62. The third-order valence-corrected chi connectivity index (χ3v) is 4.65. The van der Waals surface area contributed by atoms with Crippen LogP contribution in [0.25, 0.3) is 0 Å². The van der Waals surface area contributed by atoms with Gasteiger partial charge in [-0.2, -0.15) is 11.8 Å². The normalized spacial score (nSPS) is 19.2. The van der Waals surface area contributed by atoms with Crippen LogP contribution in [-0.4, -0.2) is 27.7 Å². The molecule has 2 nitrogen and oxygen atoms in total. The first-order valence-electron chi connectivity index (χ1n) is 6.10. The van der Waals surface area contributed by atoms with E-state index in [4.69, 9.17) is 11.6 Å². The summed E-state index contributed by atoms with van der Waals surface area (Å²) in [5.74, 6) is 3.17. The van der Waals surface area contributed by atoms with Crippen molar-refractivity contribution in [1.29, 1.82) is 0 Å². The Bertz CT molecular complexity index is 355. The Hall–Kier alpha value is -0.250. The minimum absolute atomic E-state index is 0.275. The molecule has 17 heavy (non-hydrogen) atoms. The average molecular weight is 272 g/mol. The summed E-state index contributed by atoms with van der Waals surface area (Å²) in [6, 6.07) is 1.89. The Morgan fingerprint density at radius 3 is 2.94 bits per heavy atom. The number of aliphatic hydroxyl groups excluding tert-OH is 1. The number of rotatable bonds is 4. The van der Waals surface area contributed by atoms with Crippen molar-refractivity contribution in [2.24, 2.45) is 5.92 Å². The van der Waals surface area contributed by atoms with Crippen molar-refractivity contribution in [3.63, 3.8) is 0 Å². The average Bonchev–Trinajstić information content (AvgIpc) is 2.33. The molecule has 1 aromatic heterocycles. The molecule has 1 aliphatic heterocycles. The lowest BCUT2D eigenvalue weighted by atomic mass is 9.93. The van der Waals surface area contributed by atoms with Crippen LogP contribution in [-0.2, 0) is 6.42 Å². The molecule has 94 valence electrons. The number of nitrogens with zero attached hydrogens (tertiary/aromatic N) is 1. The molecule has 1 atom stereocenters. The fourth-order valence-electron chi connectivity index (χ4n) is 2.27. The molecule has 0 spiro atoms. The summed E-state index contributed by atoms with van der Waals surface area (Å²) >= 11 is 8.06. The minimum Gasteiger partial charge on any atom is -0.393 e. The zero-order valence-electron chi connectivity index (χ0n) is 9.81. The summed E-state index contributed by atoms with van der Waals surface area (Å²) < 4.78 is 0. The third kappa shape index (κ3) is 4.16. The second-order valence-electron chi connectivity index (χ2n) is 4.62. The first kappa shape index (κ1) is 13.2. The molecular formula is C13H18ClNOS. The molecule has 2 rings (SSSR count). The van der Waals surface area contributed by atoms with Gasteiger partial charge >= 0.3 is 0 Å². The van der Waals surface area contributed by atoms with E-state index in [1.165, 1.54) is 24.3 Å². The molecular weight excluding hydrogens is 254 g/mol. The summed E-state index contributed by atoms with van der Waals surface area (Å²) in [7, 11) is 0. The molecule has 0 radical (unpaired) electrons. The molecule has 2 heterocycles. The maximum absolute atomic E-state index is 10.1. The zero-order valence-corrected chi connectivity index (χ0v) is 11.4. The SMILES string of the molecule is OC(Cc1ccncc1Cl)CC1CCSCC1. The van der Waals surface area contributed by atoms with Gasteiger partial charge in [-0.15, -0.1) is 0 Å². The van der Waals surface area contributed by atoms with E-state index < -0.39 is 0 Å². The van der Waals surface area contributed by atoms with Gasteiger partial charge in [0, 0.05) is 12.4 Å². The van der Waals surface area contributed by atoms with Gasteiger partial charge in [-0.3, -0.25) is 4.98 Å². The van der Waals surface area contributed by atoms with E-state index in [1.807, 2.05) is 17.8 Å². The lowest BCUT2D eigenvalue weighted by molar-refractivity contribution is 0.139. The highest BCUT2D eigenvalue weighted by molar-refractivity contribution is 7.99. The van der Waals surface area contributed by atoms with Crippen LogP contribution in [0.5, 0.6) is 0 Å². The second-order valence-corrected chi connectivity index (χ2v) is 6.25. The Kier molecular flexibility index (Phi) is 5.14. The van der Waals surface area contributed by atoms with Crippen molar-refractivity contribution >= 4 is 23.4 Å². The van der Waals surface area contributed by atoms with Crippen LogP contribution in [0.2, 0.25) is 5.02 Å². The van der Waals surface area contributed by atoms with Gasteiger partial charge in [-0.1, -0.05) is 11.6 Å². The quantitative estimate of drug-likeness (QED) is 0.913. The Morgan fingerprint density at radius 1 is 1.47 bits per heavy atom. The van der Waals surface area contributed by atoms with Crippen molar-refractivity contribution in [2.75, 3.05) is 11.5 Å². The van der Waals surface area contributed by atoms with Gasteiger partial charge in [0.2, 0.25) is 0 Å². The highest BCUT2D eigenvalue weighted by Gasteiger charge is 2.18. The standard InChI is InChI=1S/C13H18ClNOS/c14-13-9-15-4-1-11(13)8-12(16)7-10-2-5-17-6-3-10/h1,4,9-10,12,16H,2-3,5-8H2. The predicted molar refractivity (Wildman–Crippen MR) is 73.6 cm³/mol. The zero-order chi connectivity index (χ0) is 12.1. The Labute approximate surface area is 112 Å². The number of hydrogen-bond donors (Lipinski definition) is 1. The Morgan fingerprint density at radius 2 is 2.24 bits per heavy atom. The molecule has 0 aromatic carbocycles. The maximum atomic E-state index is 10.1. The molecule has 1 saturated heterocycles. The van der Waals surface area contributed by atoms with Gasteiger partial charge < -0.3 is 5.11 Å². The van der Waals surface area contributed by atoms with Crippen molar-refractivity contribution in [3.8, 4) is 0 Å². The number of pyridine rings is 1. The predicted octanol–water partition coefficient (Wildman–Crippen LogP) is 3.17. The summed E-state index contributed by atoms with van der Waals surface area (Å²) in [5.41, 5.74) is 0.999. The molecule has 1 unspecified atom stereocenters. The van der Waals surface area contributed by atoms with Crippen LogP contribution in [0.15, 0.2) is 18.5 Å². The summed E-state index contributed by atoms with van der Waals surface area (Å²) in [6.07, 6.45) is 7.12. The molecule has 0 bridgehead atoms. The molecule has 1 N–H and O–H groups in total. The van der Waals surface area contributed by atoms with Gasteiger partial charge in [0.25, 0.3) is 0 Å². The highest BCUT2D eigenvalue weighted by atomic mass is 35.5. The number of halogens is 1. The first-order chi connectivity index (χ1) is 8.25. The molecule has 4 heteroatoms. The summed E-state index contributed by atoms with van der Waals surface area (Å²) in [4.78, 5) is 3.95. The number of aliphatic hydroxyl groups is 1. The van der Waals surface area contributed by atoms with Crippen LogP contribution in [0.3, 0.4) is 0 Å². The third-order valence-electron chi connectivity index (χ3n) is 3.26. The van der Waals surface area contributed by atoms with E-state index in [9.17, 15) is 5.11 Å². The number of hydrogen-bond acceptors (Lipinski definition) is 3. The minimum atomic E-state index is -0.275. The lowest BCUT2D eigenvalue weighted by Crippen LogP contribution is -2.19. The van der Waals surface area contributed by atoms with Crippen LogP contribution >= 0.6 is 23.4 Å². The van der Waals surface area contributed by atoms with Crippen molar-refractivity contribution in [3.05, 3.63) is 29.0 Å². The van der Waals surface area contributed by atoms with Crippen LogP contribution < -0.4 is 0 Å². The molecule has 1 fully saturated rings. The van der Waals surface area contributed by atoms with E-state index in [1.54, 1.807) is 12.4 Å². The summed E-state index contributed by atoms with van der Waals surface area (Å²) in [6.45, 7) is 0. The topological polar surface area (TPSA) is 33.1 Å². The molecule has 1 aromatic rings. The van der Waals surface area contributed by atoms with E-state index in [-0.39, 0.29) is 6.10 Å². The van der Waals surface area contributed by atoms with Crippen LogP contribution in [0.4, 0.5) is 0 Å². The highest BCUT2D eigenvalue weighted by Crippen LogP contribution is 2.27. The van der Waals surface area contributed by atoms with Gasteiger partial charge in [0.05, 0.1) is 11.1 Å². The number of aromatic nitrogens is 1. The van der Waals surface area contributed by atoms with Crippen molar-refractivity contribution in [2.45, 2.75) is 31.8 Å². The fraction of sp³-hybridized carbons (Fsp3) is 0.615. The van der Waals surface area contributed by atoms with E-state index in [2.05, 4.69) is 4.98 Å². The maximum Gasteiger partial charge on any atom is 0.0622 e. The van der Waals surface area contributed by atoms with Crippen LogP contribution in [0.1, 0.15) is 24.8 Å². The van der Waals surface area contributed by atoms with Gasteiger partial charge in [-0.25, -0.2) is 0 Å². The van der Waals surface area contributed by atoms with E-state index in [0.717, 1.165) is 12.0 Å². The molecule has 0 amide bonds. The van der Waals surface area contributed by atoms with Gasteiger partial charge in [-0.05, 0) is 54.7 Å². The van der Waals surface area contributed by atoms with Gasteiger partial charge in [0.15, 0.2) is 0 Å². The monoisotopic (exact) mass is 271 g/mol. The lowest BCUT2D eigenvalue weighted by Gasteiger charge is -2.23. The van der Waals surface area contributed by atoms with Crippen LogP contribution in [0, 0.1) is 5.92 Å². The van der Waals surface area contributed by atoms with Crippen molar-refractivity contribution < 1.29 is 5.11 Å². The molecule has 1 aliphatic rings. The van der Waals surface area contributed by atoms with E-state index in [0.29, 0.717) is 17.4 Å². The Balaban J connectivity index is 1.84. The molecule has 0 saturated carbocycles. The number of thioether (sulfide) groups is 1. The fourth-order valence-corrected chi connectivity index (χ4v) is 3.67. The smallest absolute Gasteiger partial charge is 0.0622 e. The first-order valence-corrected chi connectivity index (χ1v) is 7.63. The van der Waals surface area contributed by atoms with Gasteiger partial charge in [0.1, 0.15) is 0 Å². The largest absolute Gasteiger partial charge is 0.393 e. The van der Waals surface area contributed by atoms with E-state index >= 15 is 0 Å².